The first-order valence-corrected chi connectivity index (χ1v) is 7.57. The maximum Gasteiger partial charge on any atom is 0.195 e. The number of fused-ring (bicyclic) bond motifs is 1. The number of amidine groups is 1. The largest absolute Gasteiger partial charge is 0.384 e. The molecule has 106 valence electrons. The number of nitrogens with zero attached hydrogens (tertiary/aromatic N) is 3. The number of nitrogens with two attached hydrogens (primary N) is 1. The summed E-state index contributed by atoms with van der Waals surface area (Å²) in [4.78, 5) is 0. The molecule has 3 rings (SSSR count). The molecule has 0 radical (unpaired) electrons. The summed E-state index contributed by atoms with van der Waals surface area (Å²) < 4.78 is 1.93. The van der Waals surface area contributed by atoms with Crippen molar-refractivity contribution in [1.82, 2.24) is 14.6 Å². The van der Waals surface area contributed by atoms with Gasteiger partial charge in [0, 0.05) is 22.5 Å². The fourth-order valence-electron chi connectivity index (χ4n) is 1.89. The molecule has 0 bridgehead atoms. The maximum absolute atomic E-state index is 7.40. The lowest BCUT2D eigenvalue weighted by Crippen LogP contribution is -2.10. The number of aromatic nitrogens is 3. The predicted molar refractivity (Wildman–Crippen MR) is 85.0 cm³/mol. The topological polar surface area (TPSA) is 80.1 Å². The first-order valence-electron chi connectivity index (χ1n) is 6.20. The van der Waals surface area contributed by atoms with Crippen LogP contribution in [0.2, 0.25) is 5.02 Å². The Hall–Kier alpha value is -2.05. The van der Waals surface area contributed by atoms with Crippen LogP contribution in [-0.2, 0) is 5.75 Å². The second-order valence-corrected chi connectivity index (χ2v) is 5.77. The van der Waals surface area contributed by atoms with Crippen LogP contribution in [0.4, 0.5) is 0 Å². The minimum absolute atomic E-state index is 0.0135. The van der Waals surface area contributed by atoms with E-state index in [1.807, 2.05) is 34.9 Å². The summed E-state index contributed by atoms with van der Waals surface area (Å²) >= 11 is 7.78. The Bertz CT molecular complexity index is 814. The van der Waals surface area contributed by atoms with Gasteiger partial charge in [-0.25, -0.2) is 0 Å². The van der Waals surface area contributed by atoms with Crippen LogP contribution in [0.1, 0.15) is 11.1 Å². The van der Waals surface area contributed by atoms with Crippen molar-refractivity contribution in [2.75, 3.05) is 0 Å². The fraction of sp³-hybridized carbons (Fsp3) is 0.0714. The number of hydrogen-bond acceptors (Lipinski definition) is 4. The van der Waals surface area contributed by atoms with E-state index >= 15 is 0 Å². The molecule has 2 heterocycles. The van der Waals surface area contributed by atoms with Gasteiger partial charge in [-0.05, 0) is 23.8 Å². The van der Waals surface area contributed by atoms with Crippen LogP contribution in [0.5, 0.6) is 0 Å². The van der Waals surface area contributed by atoms with Gasteiger partial charge in [0.15, 0.2) is 10.8 Å². The number of halogens is 1. The molecule has 0 aliphatic heterocycles. The van der Waals surface area contributed by atoms with Crippen molar-refractivity contribution in [3.8, 4) is 0 Å². The Morgan fingerprint density at radius 1 is 1.29 bits per heavy atom. The third-order valence-corrected chi connectivity index (χ3v) is 4.35. The minimum Gasteiger partial charge on any atom is -0.384 e. The van der Waals surface area contributed by atoms with E-state index in [0.717, 1.165) is 16.4 Å². The Morgan fingerprint density at radius 2 is 2.14 bits per heavy atom. The molecular weight excluding hydrogens is 306 g/mol. The summed E-state index contributed by atoms with van der Waals surface area (Å²) in [5, 5.41) is 17.1. The molecule has 0 aliphatic carbocycles. The number of rotatable bonds is 4. The van der Waals surface area contributed by atoms with Crippen molar-refractivity contribution in [2.24, 2.45) is 5.73 Å². The van der Waals surface area contributed by atoms with Crippen molar-refractivity contribution in [3.05, 3.63) is 58.7 Å². The maximum atomic E-state index is 7.40. The quantitative estimate of drug-likeness (QED) is 0.440. The van der Waals surface area contributed by atoms with E-state index in [2.05, 4.69) is 10.2 Å². The first kappa shape index (κ1) is 13.9. The van der Waals surface area contributed by atoms with Crippen molar-refractivity contribution in [2.45, 2.75) is 10.9 Å². The predicted octanol–water partition coefficient (Wildman–Crippen LogP) is 2.96. The highest BCUT2D eigenvalue weighted by molar-refractivity contribution is 7.98. The molecule has 0 saturated heterocycles. The lowest BCUT2D eigenvalue weighted by atomic mass is 10.1. The molecule has 0 aliphatic rings. The Balaban J connectivity index is 1.80. The molecule has 0 atom stereocenters. The summed E-state index contributed by atoms with van der Waals surface area (Å²) in [5.41, 5.74) is 7.86. The molecule has 0 spiro atoms. The van der Waals surface area contributed by atoms with E-state index in [4.69, 9.17) is 22.7 Å². The number of benzene rings is 1. The lowest BCUT2D eigenvalue weighted by molar-refractivity contribution is 0.921. The van der Waals surface area contributed by atoms with Crippen LogP contribution >= 0.6 is 23.4 Å². The van der Waals surface area contributed by atoms with Crippen LogP contribution in [0.15, 0.2) is 47.8 Å². The van der Waals surface area contributed by atoms with Gasteiger partial charge in [0.2, 0.25) is 0 Å². The van der Waals surface area contributed by atoms with Gasteiger partial charge in [-0.2, -0.15) is 0 Å². The van der Waals surface area contributed by atoms with E-state index in [9.17, 15) is 0 Å². The van der Waals surface area contributed by atoms with E-state index in [-0.39, 0.29) is 5.84 Å². The molecule has 0 saturated carbocycles. The van der Waals surface area contributed by atoms with Crippen LogP contribution in [0.3, 0.4) is 0 Å². The lowest BCUT2D eigenvalue weighted by Gasteiger charge is -2.05. The standard InChI is InChI=1S/C14H12ClN5S/c15-11-7-9(13(16)17)4-5-10(11)8-21-14-19-18-12-3-1-2-6-20(12)14/h1-7H,8H2,(H3,16,17). The average Bonchev–Trinajstić information content (AvgIpc) is 2.89. The van der Waals surface area contributed by atoms with Crippen molar-refractivity contribution >= 4 is 34.8 Å². The number of nitrogens with one attached hydrogen (secondary N) is 1. The van der Waals surface area contributed by atoms with Crippen LogP contribution in [0.25, 0.3) is 5.65 Å². The molecule has 7 heteroatoms. The van der Waals surface area contributed by atoms with Gasteiger partial charge in [-0.1, -0.05) is 41.6 Å². The molecular formula is C14H12ClN5S. The van der Waals surface area contributed by atoms with Gasteiger partial charge < -0.3 is 5.73 Å². The molecule has 0 unspecified atom stereocenters. The average molecular weight is 318 g/mol. The smallest absolute Gasteiger partial charge is 0.195 e. The monoisotopic (exact) mass is 317 g/mol. The summed E-state index contributed by atoms with van der Waals surface area (Å²) in [6, 6.07) is 11.2. The number of thioether (sulfide) groups is 1. The third-order valence-electron chi connectivity index (χ3n) is 3.00. The zero-order chi connectivity index (χ0) is 14.8. The number of hydrogen-bond donors (Lipinski definition) is 2. The van der Waals surface area contributed by atoms with Crippen LogP contribution in [0, 0.1) is 5.41 Å². The van der Waals surface area contributed by atoms with Gasteiger partial charge in [0.25, 0.3) is 0 Å². The summed E-state index contributed by atoms with van der Waals surface area (Å²) in [7, 11) is 0. The van der Waals surface area contributed by atoms with Gasteiger partial charge in [-0.15, -0.1) is 10.2 Å². The van der Waals surface area contributed by atoms with Crippen molar-refractivity contribution in [1.29, 1.82) is 5.41 Å². The molecule has 3 aromatic rings. The van der Waals surface area contributed by atoms with Gasteiger partial charge >= 0.3 is 0 Å². The minimum atomic E-state index is 0.0135. The van der Waals surface area contributed by atoms with Gasteiger partial charge in [0.1, 0.15) is 5.84 Å². The Kier molecular flexibility index (Phi) is 3.81. The normalized spacial score (nSPS) is 10.9. The van der Waals surface area contributed by atoms with Crippen LogP contribution in [-0.4, -0.2) is 20.4 Å². The highest BCUT2D eigenvalue weighted by Gasteiger charge is 2.08. The summed E-state index contributed by atoms with van der Waals surface area (Å²) in [5.74, 6) is 0.687. The Labute approximate surface area is 130 Å². The molecule has 5 nitrogen and oxygen atoms in total. The number of pyridine rings is 1. The highest BCUT2D eigenvalue weighted by atomic mass is 35.5. The molecule has 0 amide bonds. The molecule has 3 N–H and O–H groups in total. The van der Waals surface area contributed by atoms with Crippen molar-refractivity contribution in [3.63, 3.8) is 0 Å². The molecule has 0 fully saturated rings. The zero-order valence-electron chi connectivity index (χ0n) is 11.0. The van der Waals surface area contributed by atoms with Crippen LogP contribution < -0.4 is 5.73 Å². The second-order valence-electron chi connectivity index (χ2n) is 4.42. The molecule has 2 aromatic heterocycles. The summed E-state index contributed by atoms with van der Waals surface area (Å²) in [6.07, 6.45) is 1.93. The number of nitrogen functional groups attached to an aromatic ring is 1. The van der Waals surface area contributed by atoms with E-state index in [1.54, 1.807) is 23.9 Å². The second kappa shape index (κ2) is 5.75. The Morgan fingerprint density at radius 3 is 2.90 bits per heavy atom. The third kappa shape index (κ3) is 2.86. The summed E-state index contributed by atoms with van der Waals surface area (Å²) in [6.45, 7) is 0. The van der Waals surface area contributed by atoms with Gasteiger partial charge in [0.05, 0.1) is 0 Å². The fourth-order valence-corrected chi connectivity index (χ4v) is 3.15. The zero-order valence-corrected chi connectivity index (χ0v) is 12.5. The van der Waals surface area contributed by atoms with Crippen molar-refractivity contribution < 1.29 is 0 Å². The molecule has 1 aromatic carbocycles. The van der Waals surface area contributed by atoms with Gasteiger partial charge in [-0.3, -0.25) is 9.81 Å². The van der Waals surface area contributed by atoms with E-state index in [0.29, 0.717) is 16.3 Å². The molecule has 21 heavy (non-hydrogen) atoms. The van der Waals surface area contributed by atoms with E-state index < -0.39 is 0 Å². The SMILES string of the molecule is N=C(N)c1ccc(CSc2nnc3ccccn23)c(Cl)c1. The van der Waals surface area contributed by atoms with E-state index in [1.165, 1.54) is 0 Å². The highest BCUT2D eigenvalue weighted by Crippen LogP contribution is 2.26. The first-order chi connectivity index (χ1) is 10.1.